The Hall–Kier alpha value is -0.0600. The zero-order valence-electron chi connectivity index (χ0n) is 6.29. The van der Waals surface area contributed by atoms with Crippen LogP contribution >= 0.6 is 10.7 Å². The zero-order valence-corrected chi connectivity index (χ0v) is 7.86. The summed E-state index contributed by atoms with van der Waals surface area (Å²) in [6.45, 7) is 2.92. The van der Waals surface area contributed by atoms with E-state index in [1.165, 1.54) is 6.08 Å². The van der Waals surface area contributed by atoms with Crippen LogP contribution < -0.4 is 0 Å². The minimum Gasteiger partial charge on any atom is -0.378 e. The monoisotopic (exact) mass is 198 g/mol. The Morgan fingerprint density at radius 3 is 2.55 bits per heavy atom. The molecule has 11 heavy (non-hydrogen) atoms. The van der Waals surface area contributed by atoms with E-state index in [4.69, 9.17) is 15.4 Å². The molecule has 0 amide bonds. The summed E-state index contributed by atoms with van der Waals surface area (Å²) < 4.78 is 25.6. The minimum atomic E-state index is -3.38. The van der Waals surface area contributed by atoms with Crippen LogP contribution in [0.5, 0.6) is 0 Å². The van der Waals surface area contributed by atoms with Crippen molar-refractivity contribution in [3.05, 3.63) is 12.2 Å². The molecule has 0 aliphatic heterocycles. The summed E-state index contributed by atoms with van der Waals surface area (Å²) in [5.41, 5.74) is 0. The van der Waals surface area contributed by atoms with Crippen molar-refractivity contribution in [2.75, 3.05) is 19.0 Å². The average molecular weight is 199 g/mol. The minimum absolute atomic E-state index is 0.137. The predicted octanol–water partition coefficient (Wildman–Crippen LogP) is 1.15. The summed E-state index contributed by atoms with van der Waals surface area (Å²) >= 11 is 0. The Kier molecular flexibility index (Phi) is 5.54. The van der Waals surface area contributed by atoms with E-state index in [1.807, 2.05) is 6.92 Å². The molecule has 0 N–H and O–H groups in total. The smallest absolute Gasteiger partial charge is 0.236 e. The SMILES string of the molecule is CCOC/C=C/CS(=O)(=O)Cl. The second-order valence-electron chi connectivity index (χ2n) is 1.84. The second kappa shape index (κ2) is 5.57. The van der Waals surface area contributed by atoms with Crippen LogP contribution in [0.15, 0.2) is 12.2 Å². The highest BCUT2D eigenvalue weighted by Crippen LogP contribution is 1.95. The van der Waals surface area contributed by atoms with Crippen molar-refractivity contribution in [1.29, 1.82) is 0 Å². The van der Waals surface area contributed by atoms with Gasteiger partial charge >= 0.3 is 0 Å². The standard InChI is InChI=1S/C6H11ClO3S/c1-2-10-5-3-4-6-11(7,8)9/h3-4H,2,5-6H2,1H3/b4-3+. The third-order valence-electron chi connectivity index (χ3n) is 0.880. The third-order valence-corrected chi connectivity index (χ3v) is 1.85. The number of halogens is 1. The van der Waals surface area contributed by atoms with Crippen molar-refractivity contribution in [3.63, 3.8) is 0 Å². The van der Waals surface area contributed by atoms with Gasteiger partial charge in [-0.3, -0.25) is 0 Å². The summed E-state index contributed by atoms with van der Waals surface area (Å²) in [7, 11) is 1.54. The van der Waals surface area contributed by atoms with Gasteiger partial charge in [-0.1, -0.05) is 12.2 Å². The van der Waals surface area contributed by atoms with Crippen molar-refractivity contribution in [3.8, 4) is 0 Å². The highest BCUT2D eigenvalue weighted by atomic mass is 35.7. The summed E-state index contributed by atoms with van der Waals surface area (Å²) in [4.78, 5) is 0. The van der Waals surface area contributed by atoms with Crippen molar-refractivity contribution >= 4 is 19.7 Å². The van der Waals surface area contributed by atoms with E-state index in [9.17, 15) is 8.42 Å². The van der Waals surface area contributed by atoms with Crippen molar-refractivity contribution in [1.82, 2.24) is 0 Å². The van der Waals surface area contributed by atoms with Crippen molar-refractivity contribution in [2.45, 2.75) is 6.92 Å². The lowest BCUT2D eigenvalue weighted by Gasteiger charge is -1.91. The van der Waals surface area contributed by atoms with Crippen molar-refractivity contribution in [2.24, 2.45) is 0 Å². The van der Waals surface area contributed by atoms with Gasteiger partial charge in [0.15, 0.2) is 0 Å². The van der Waals surface area contributed by atoms with Crippen LogP contribution in [-0.4, -0.2) is 27.4 Å². The lowest BCUT2D eigenvalue weighted by atomic mass is 10.5. The number of rotatable bonds is 5. The molecule has 0 atom stereocenters. The fourth-order valence-corrected chi connectivity index (χ4v) is 1.02. The Morgan fingerprint density at radius 2 is 2.09 bits per heavy atom. The highest BCUT2D eigenvalue weighted by Gasteiger charge is 1.98. The molecule has 5 heteroatoms. The Balaban J connectivity index is 3.46. The molecule has 0 aliphatic carbocycles. The van der Waals surface area contributed by atoms with E-state index in [1.54, 1.807) is 6.08 Å². The molecule has 0 radical (unpaired) electrons. The molecule has 0 unspecified atom stereocenters. The van der Waals surface area contributed by atoms with Gasteiger partial charge in [0.1, 0.15) is 0 Å². The summed E-state index contributed by atoms with van der Waals surface area (Å²) in [5.74, 6) is -0.137. The molecule has 0 aromatic rings. The molecular formula is C6H11ClO3S. The van der Waals surface area contributed by atoms with Gasteiger partial charge < -0.3 is 4.74 Å². The van der Waals surface area contributed by atoms with E-state index in [0.29, 0.717) is 13.2 Å². The average Bonchev–Trinajstić information content (AvgIpc) is 1.85. The first-order valence-corrected chi connectivity index (χ1v) is 5.69. The molecule has 0 aliphatic rings. The Bertz CT molecular complexity index is 208. The first-order valence-electron chi connectivity index (χ1n) is 3.21. The lowest BCUT2D eigenvalue weighted by Crippen LogP contribution is -1.94. The zero-order chi connectivity index (χ0) is 8.74. The fraction of sp³-hybridized carbons (Fsp3) is 0.667. The van der Waals surface area contributed by atoms with E-state index >= 15 is 0 Å². The van der Waals surface area contributed by atoms with Gasteiger partial charge in [-0.2, -0.15) is 0 Å². The van der Waals surface area contributed by atoms with Gasteiger partial charge in [0, 0.05) is 17.3 Å². The molecule has 3 nitrogen and oxygen atoms in total. The Labute approximate surface area is 71.4 Å². The summed E-state index contributed by atoms with van der Waals surface area (Å²) in [5, 5.41) is 0. The molecule has 0 saturated heterocycles. The molecule has 0 saturated carbocycles. The number of hydrogen-bond acceptors (Lipinski definition) is 3. The van der Waals surface area contributed by atoms with Crippen LogP contribution in [0.4, 0.5) is 0 Å². The Morgan fingerprint density at radius 1 is 1.45 bits per heavy atom. The van der Waals surface area contributed by atoms with Gasteiger partial charge in [-0.25, -0.2) is 8.42 Å². The molecular weight excluding hydrogens is 188 g/mol. The largest absolute Gasteiger partial charge is 0.378 e. The molecule has 0 bridgehead atoms. The topological polar surface area (TPSA) is 43.4 Å². The normalized spacial score (nSPS) is 12.5. The van der Waals surface area contributed by atoms with Gasteiger partial charge in [-0.05, 0) is 6.92 Å². The maximum atomic E-state index is 10.3. The maximum Gasteiger partial charge on any atom is 0.236 e. The van der Waals surface area contributed by atoms with Crippen LogP contribution in [0.2, 0.25) is 0 Å². The third kappa shape index (κ3) is 9.94. The second-order valence-corrected chi connectivity index (χ2v) is 4.66. The molecule has 0 rings (SSSR count). The summed E-state index contributed by atoms with van der Waals surface area (Å²) in [6, 6.07) is 0. The van der Waals surface area contributed by atoms with E-state index < -0.39 is 9.05 Å². The fourth-order valence-electron chi connectivity index (χ4n) is 0.437. The quantitative estimate of drug-likeness (QED) is 0.378. The van der Waals surface area contributed by atoms with E-state index in [2.05, 4.69) is 0 Å². The first kappa shape index (κ1) is 10.9. The molecule has 0 aromatic heterocycles. The van der Waals surface area contributed by atoms with Crippen LogP contribution in [-0.2, 0) is 13.8 Å². The maximum absolute atomic E-state index is 10.3. The molecule has 66 valence electrons. The predicted molar refractivity (Wildman–Crippen MR) is 45.3 cm³/mol. The van der Waals surface area contributed by atoms with E-state index in [0.717, 1.165) is 0 Å². The first-order chi connectivity index (χ1) is 5.06. The molecule has 0 heterocycles. The van der Waals surface area contributed by atoms with Gasteiger partial charge in [0.05, 0.1) is 12.4 Å². The van der Waals surface area contributed by atoms with Gasteiger partial charge in [-0.15, -0.1) is 0 Å². The van der Waals surface area contributed by atoms with Crippen LogP contribution in [0, 0.1) is 0 Å². The van der Waals surface area contributed by atoms with E-state index in [-0.39, 0.29) is 5.75 Å². The number of ether oxygens (including phenoxy) is 1. The molecule has 0 aromatic carbocycles. The summed E-state index contributed by atoms with van der Waals surface area (Å²) in [6.07, 6.45) is 3.10. The lowest BCUT2D eigenvalue weighted by molar-refractivity contribution is 0.177. The van der Waals surface area contributed by atoms with Crippen molar-refractivity contribution < 1.29 is 13.2 Å². The number of hydrogen-bond donors (Lipinski definition) is 0. The highest BCUT2D eigenvalue weighted by molar-refractivity contribution is 8.13. The van der Waals surface area contributed by atoms with Crippen LogP contribution in [0.3, 0.4) is 0 Å². The van der Waals surface area contributed by atoms with Crippen LogP contribution in [0.25, 0.3) is 0 Å². The molecule has 0 spiro atoms. The van der Waals surface area contributed by atoms with Gasteiger partial charge in [0.25, 0.3) is 0 Å². The molecule has 0 fully saturated rings. The van der Waals surface area contributed by atoms with Crippen LogP contribution in [0.1, 0.15) is 6.92 Å². The van der Waals surface area contributed by atoms with Gasteiger partial charge in [0.2, 0.25) is 9.05 Å².